The van der Waals surface area contributed by atoms with Gasteiger partial charge in [0.1, 0.15) is 0 Å². The van der Waals surface area contributed by atoms with Crippen molar-refractivity contribution in [1.29, 1.82) is 0 Å². The van der Waals surface area contributed by atoms with Crippen LogP contribution in [0.2, 0.25) is 0 Å². The zero-order valence-corrected chi connectivity index (χ0v) is 14.4. The van der Waals surface area contributed by atoms with E-state index in [1.165, 1.54) is 33.4 Å². The minimum absolute atomic E-state index is 0.229. The van der Waals surface area contributed by atoms with Crippen molar-refractivity contribution >= 4 is 15.9 Å². The van der Waals surface area contributed by atoms with Gasteiger partial charge in [0.15, 0.2) is 0 Å². The van der Waals surface area contributed by atoms with E-state index in [0.717, 1.165) is 4.47 Å². The molecule has 2 heteroatoms. The van der Waals surface area contributed by atoms with Crippen LogP contribution in [-0.2, 0) is 0 Å². The second-order valence-corrected chi connectivity index (χ2v) is 6.32. The third-order valence-electron chi connectivity index (χ3n) is 4.10. The number of rotatable bonds is 3. The third kappa shape index (κ3) is 2.82. The standard InChI is InChI=1S/C18H22BrN/c1-11-9-13(3)16(10-12(11)2)18(20-5)15-7-6-8-17(19)14(15)4/h6-10,18,20H,1-5H3. The van der Waals surface area contributed by atoms with E-state index in [-0.39, 0.29) is 6.04 Å². The number of hydrogen-bond acceptors (Lipinski definition) is 1. The highest BCUT2D eigenvalue weighted by Gasteiger charge is 2.17. The van der Waals surface area contributed by atoms with Crippen LogP contribution < -0.4 is 5.32 Å². The monoisotopic (exact) mass is 331 g/mol. The average Bonchev–Trinajstić information content (AvgIpc) is 2.41. The van der Waals surface area contributed by atoms with Crippen LogP contribution in [-0.4, -0.2) is 7.05 Å². The highest BCUT2D eigenvalue weighted by molar-refractivity contribution is 9.10. The van der Waals surface area contributed by atoms with Crippen LogP contribution >= 0.6 is 15.9 Å². The first kappa shape index (κ1) is 15.3. The fraction of sp³-hybridized carbons (Fsp3) is 0.333. The van der Waals surface area contributed by atoms with Crippen LogP contribution in [0, 0.1) is 27.7 Å². The molecule has 1 atom stereocenters. The van der Waals surface area contributed by atoms with Gasteiger partial charge in [-0.25, -0.2) is 0 Å². The quantitative estimate of drug-likeness (QED) is 0.835. The first-order chi connectivity index (χ1) is 9.45. The van der Waals surface area contributed by atoms with E-state index < -0.39 is 0 Å². The molecule has 0 saturated heterocycles. The second kappa shape index (κ2) is 6.11. The Bertz CT molecular complexity index is 632. The number of nitrogens with one attached hydrogen (secondary N) is 1. The minimum Gasteiger partial charge on any atom is -0.309 e. The largest absolute Gasteiger partial charge is 0.309 e. The first-order valence-electron chi connectivity index (χ1n) is 6.95. The lowest BCUT2D eigenvalue weighted by Crippen LogP contribution is -2.20. The summed E-state index contributed by atoms with van der Waals surface area (Å²) in [7, 11) is 2.03. The molecule has 0 bridgehead atoms. The molecule has 0 radical (unpaired) electrons. The minimum atomic E-state index is 0.229. The van der Waals surface area contributed by atoms with Crippen molar-refractivity contribution in [3.63, 3.8) is 0 Å². The summed E-state index contributed by atoms with van der Waals surface area (Å²) in [5.41, 5.74) is 8.02. The van der Waals surface area contributed by atoms with Crippen molar-refractivity contribution in [2.75, 3.05) is 7.05 Å². The van der Waals surface area contributed by atoms with Crippen molar-refractivity contribution in [3.05, 3.63) is 68.2 Å². The topological polar surface area (TPSA) is 12.0 Å². The summed E-state index contributed by atoms with van der Waals surface area (Å²) in [6.07, 6.45) is 0. The zero-order valence-electron chi connectivity index (χ0n) is 12.8. The molecular weight excluding hydrogens is 310 g/mol. The fourth-order valence-corrected chi connectivity index (χ4v) is 3.09. The molecule has 0 spiro atoms. The molecule has 106 valence electrons. The van der Waals surface area contributed by atoms with Crippen LogP contribution in [0.1, 0.15) is 39.4 Å². The van der Waals surface area contributed by atoms with Gasteiger partial charge >= 0.3 is 0 Å². The lowest BCUT2D eigenvalue weighted by atomic mass is 9.90. The summed E-state index contributed by atoms with van der Waals surface area (Å²) in [4.78, 5) is 0. The summed E-state index contributed by atoms with van der Waals surface area (Å²) in [6.45, 7) is 8.71. The molecule has 0 aromatic heterocycles. The van der Waals surface area contributed by atoms with Crippen LogP contribution in [0.3, 0.4) is 0 Å². The molecule has 0 saturated carbocycles. The number of aryl methyl sites for hydroxylation is 3. The second-order valence-electron chi connectivity index (χ2n) is 5.47. The Hall–Kier alpha value is -1.12. The van der Waals surface area contributed by atoms with Crippen LogP contribution in [0.15, 0.2) is 34.8 Å². The molecule has 0 aliphatic carbocycles. The molecule has 1 N–H and O–H groups in total. The maximum atomic E-state index is 3.63. The van der Waals surface area contributed by atoms with Crippen molar-refractivity contribution < 1.29 is 0 Å². The summed E-state index contributed by atoms with van der Waals surface area (Å²) >= 11 is 3.63. The Morgan fingerprint density at radius 2 is 1.55 bits per heavy atom. The van der Waals surface area contributed by atoms with Gasteiger partial charge in [-0.3, -0.25) is 0 Å². The predicted octanol–water partition coefficient (Wildman–Crippen LogP) is 4.99. The van der Waals surface area contributed by atoms with E-state index in [4.69, 9.17) is 0 Å². The maximum Gasteiger partial charge on any atom is 0.0580 e. The number of halogens is 1. The van der Waals surface area contributed by atoms with Gasteiger partial charge in [-0.2, -0.15) is 0 Å². The van der Waals surface area contributed by atoms with Crippen molar-refractivity contribution in [2.24, 2.45) is 0 Å². The molecule has 0 aliphatic heterocycles. The normalized spacial score (nSPS) is 12.5. The summed E-state index contributed by atoms with van der Waals surface area (Å²) in [5, 5.41) is 3.47. The van der Waals surface area contributed by atoms with Gasteiger partial charge in [0.2, 0.25) is 0 Å². The van der Waals surface area contributed by atoms with E-state index in [9.17, 15) is 0 Å². The van der Waals surface area contributed by atoms with Gasteiger partial charge in [0, 0.05) is 4.47 Å². The zero-order chi connectivity index (χ0) is 14.9. The molecule has 2 aromatic carbocycles. The number of hydrogen-bond donors (Lipinski definition) is 1. The molecule has 20 heavy (non-hydrogen) atoms. The molecule has 0 amide bonds. The van der Waals surface area contributed by atoms with Crippen molar-refractivity contribution in [2.45, 2.75) is 33.7 Å². The van der Waals surface area contributed by atoms with Gasteiger partial charge in [-0.15, -0.1) is 0 Å². The first-order valence-corrected chi connectivity index (χ1v) is 7.75. The van der Waals surface area contributed by atoms with Gasteiger partial charge in [0.05, 0.1) is 6.04 Å². The summed E-state index contributed by atoms with van der Waals surface area (Å²) in [6, 6.07) is 11.2. The molecule has 0 heterocycles. The van der Waals surface area contributed by atoms with Gasteiger partial charge in [-0.1, -0.05) is 40.2 Å². The average molecular weight is 332 g/mol. The maximum absolute atomic E-state index is 3.63. The van der Waals surface area contributed by atoms with Gasteiger partial charge < -0.3 is 5.32 Å². The Labute approximate surface area is 130 Å². The van der Waals surface area contributed by atoms with Crippen LogP contribution in [0.4, 0.5) is 0 Å². The molecular formula is C18H22BrN. The van der Waals surface area contributed by atoms with Crippen LogP contribution in [0.25, 0.3) is 0 Å². The summed E-state index contributed by atoms with van der Waals surface area (Å²) in [5.74, 6) is 0. The van der Waals surface area contributed by atoms with E-state index in [2.05, 4.69) is 79.3 Å². The molecule has 0 fully saturated rings. The van der Waals surface area contributed by atoms with E-state index in [0.29, 0.717) is 0 Å². The van der Waals surface area contributed by atoms with Gasteiger partial charge in [-0.05, 0) is 74.2 Å². The highest BCUT2D eigenvalue weighted by Crippen LogP contribution is 2.31. The highest BCUT2D eigenvalue weighted by atomic mass is 79.9. The Kier molecular flexibility index (Phi) is 4.66. The molecule has 1 unspecified atom stereocenters. The smallest absolute Gasteiger partial charge is 0.0580 e. The molecule has 2 rings (SSSR count). The number of benzene rings is 2. The van der Waals surface area contributed by atoms with E-state index >= 15 is 0 Å². The Morgan fingerprint density at radius 3 is 2.20 bits per heavy atom. The molecule has 2 aromatic rings. The Balaban J connectivity index is 2.58. The lowest BCUT2D eigenvalue weighted by Gasteiger charge is -2.23. The predicted molar refractivity (Wildman–Crippen MR) is 90.4 cm³/mol. The SMILES string of the molecule is CNC(c1cc(C)c(C)cc1C)c1cccc(Br)c1C. The fourth-order valence-electron chi connectivity index (χ4n) is 2.71. The molecule has 1 nitrogen and oxygen atoms in total. The molecule has 0 aliphatic rings. The Morgan fingerprint density at radius 1 is 0.900 bits per heavy atom. The van der Waals surface area contributed by atoms with E-state index in [1.54, 1.807) is 0 Å². The van der Waals surface area contributed by atoms with Crippen molar-refractivity contribution in [3.8, 4) is 0 Å². The van der Waals surface area contributed by atoms with Crippen molar-refractivity contribution in [1.82, 2.24) is 5.32 Å². The third-order valence-corrected chi connectivity index (χ3v) is 4.96. The lowest BCUT2D eigenvalue weighted by molar-refractivity contribution is 0.682. The van der Waals surface area contributed by atoms with E-state index in [1.807, 2.05) is 7.05 Å². The summed E-state index contributed by atoms with van der Waals surface area (Å²) < 4.78 is 1.16. The van der Waals surface area contributed by atoms with Crippen LogP contribution in [0.5, 0.6) is 0 Å². The van der Waals surface area contributed by atoms with Gasteiger partial charge in [0.25, 0.3) is 0 Å².